The van der Waals surface area contributed by atoms with Crippen LogP contribution in [0.25, 0.3) is 0 Å². The first-order chi connectivity index (χ1) is 11.3. The number of hydrogen-bond donors (Lipinski definition) is 2. The maximum absolute atomic E-state index is 12.2. The minimum atomic E-state index is -0.180. The highest BCUT2D eigenvalue weighted by molar-refractivity contribution is 5.98. The lowest BCUT2D eigenvalue weighted by atomic mass is 10.1. The van der Waals surface area contributed by atoms with E-state index < -0.39 is 0 Å². The molecular formula is C18H24N4O2. The number of amides is 2. The summed E-state index contributed by atoms with van der Waals surface area (Å²) in [6.07, 6.45) is 0. The summed E-state index contributed by atoms with van der Waals surface area (Å²) >= 11 is 0. The molecule has 0 aliphatic heterocycles. The SMILES string of the molecule is Cc1cc(C)n(CC(=O)Nc2ccc(C)c(C(=O)NC(C)C)c2)n1. The highest BCUT2D eigenvalue weighted by atomic mass is 16.2. The monoisotopic (exact) mass is 328 g/mol. The van der Waals surface area contributed by atoms with Crippen LogP contribution < -0.4 is 10.6 Å². The van der Waals surface area contributed by atoms with Crippen molar-refractivity contribution >= 4 is 17.5 Å². The lowest BCUT2D eigenvalue weighted by Crippen LogP contribution is -2.30. The Morgan fingerprint density at radius 2 is 1.88 bits per heavy atom. The van der Waals surface area contributed by atoms with Crippen molar-refractivity contribution in [3.63, 3.8) is 0 Å². The van der Waals surface area contributed by atoms with Gasteiger partial charge in [0.2, 0.25) is 5.91 Å². The molecule has 0 aliphatic rings. The Hall–Kier alpha value is -2.63. The van der Waals surface area contributed by atoms with Crippen LogP contribution in [0.1, 0.15) is 41.2 Å². The van der Waals surface area contributed by atoms with Crippen LogP contribution >= 0.6 is 0 Å². The third-order valence-corrected chi connectivity index (χ3v) is 3.58. The number of benzene rings is 1. The Morgan fingerprint density at radius 1 is 1.17 bits per heavy atom. The summed E-state index contributed by atoms with van der Waals surface area (Å²) in [7, 11) is 0. The zero-order chi connectivity index (χ0) is 17.9. The molecule has 128 valence electrons. The molecule has 24 heavy (non-hydrogen) atoms. The van der Waals surface area contributed by atoms with Crippen molar-refractivity contribution in [2.45, 2.75) is 47.2 Å². The van der Waals surface area contributed by atoms with Gasteiger partial charge in [-0.1, -0.05) is 6.07 Å². The molecule has 6 nitrogen and oxygen atoms in total. The van der Waals surface area contributed by atoms with Gasteiger partial charge in [-0.2, -0.15) is 5.10 Å². The zero-order valence-corrected chi connectivity index (χ0v) is 14.8. The van der Waals surface area contributed by atoms with Crippen LogP contribution in [-0.2, 0) is 11.3 Å². The number of carbonyl (C=O) groups is 2. The maximum atomic E-state index is 12.2. The molecule has 0 radical (unpaired) electrons. The quantitative estimate of drug-likeness (QED) is 0.886. The van der Waals surface area contributed by atoms with E-state index in [9.17, 15) is 9.59 Å². The molecular weight excluding hydrogens is 304 g/mol. The lowest BCUT2D eigenvalue weighted by Gasteiger charge is -2.13. The summed E-state index contributed by atoms with van der Waals surface area (Å²) in [6, 6.07) is 7.30. The minimum absolute atomic E-state index is 0.0566. The van der Waals surface area contributed by atoms with E-state index in [-0.39, 0.29) is 24.4 Å². The van der Waals surface area contributed by atoms with Crippen molar-refractivity contribution in [2.24, 2.45) is 0 Å². The van der Waals surface area contributed by atoms with Crippen LogP contribution in [0, 0.1) is 20.8 Å². The number of anilines is 1. The van der Waals surface area contributed by atoms with Gasteiger partial charge in [-0.3, -0.25) is 14.3 Å². The molecule has 2 amide bonds. The molecule has 1 heterocycles. The topological polar surface area (TPSA) is 76.0 Å². The molecule has 2 rings (SSSR count). The highest BCUT2D eigenvalue weighted by Crippen LogP contribution is 2.16. The maximum Gasteiger partial charge on any atom is 0.251 e. The van der Waals surface area contributed by atoms with Gasteiger partial charge in [0.15, 0.2) is 0 Å². The van der Waals surface area contributed by atoms with Gasteiger partial charge >= 0.3 is 0 Å². The molecule has 0 bridgehead atoms. The van der Waals surface area contributed by atoms with E-state index in [4.69, 9.17) is 0 Å². The fraction of sp³-hybridized carbons (Fsp3) is 0.389. The Balaban J connectivity index is 2.10. The first-order valence-electron chi connectivity index (χ1n) is 7.98. The van der Waals surface area contributed by atoms with Crippen molar-refractivity contribution < 1.29 is 9.59 Å². The molecule has 1 aromatic heterocycles. The number of rotatable bonds is 5. The van der Waals surface area contributed by atoms with Gasteiger partial charge in [0.25, 0.3) is 5.91 Å². The van der Waals surface area contributed by atoms with Gasteiger partial charge < -0.3 is 10.6 Å². The van der Waals surface area contributed by atoms with Crippen LogP contribution in [0.5, 0.6) is 0 Å². The van der Waals surface area contributed by atoms with Crippen LogP contribution in [0.15, 0.2) is 24.3 Å². The van der Waals surface area contributed by atoms with Gasteiger partial charge in [-0.05, 0) is 58.4 Å². The van der Waals surface area contributed by atoms with E-state index in [1.807, 2.05) is 46.8 Å². The largest absolute Gasteiger partial charge is 0.350 e. The van der Waals surface area contributed by atoms with Crippen molar-refractivity contribution in [3.8, 4) is 0 Å². The molecule has 6 heteroatoms. The number of aryl methyl sites for hydroxylation is 3. The zero-order valence-electron chi connectivity index (χ0n) is 14.8. The molecule has 1 aromatic carbocycles. The van der Waals surface area contributed by atoms with E-state index in [0.29, 0.717) is 11.3 Å². The average molecular weight is 328 g/mol. The fourth-order valence-electron chi connectivity index (χ4n) is 2.46. The summed E-state index contributed by atoms with van der Waals surface area (Å²) < 4.78 is 1.66. The number of nitrogens with zero attached hydrogens (tertiary/aromatic N) is 2. The number of hydrogen-bond acceptors (Lipinski definition) is 3. The molecule has 0 saturated carbocycles. The highest BCUT2D eigenvalue weighted by Gasteiger charge is 2.13. The van der Waals surface area contributed by atoms with Crippen molar-refractivity contribution in [1.82, 2.24) is 15.1 Å². The van der Waals surface area contributed by atoms with Gasteiger partial charge in [0.05, 0.1) is 5.69 Å². The molecule has 0 spiro atoms. The molecule has 0 saturated heterocycles. The van der Waals surface area contributed by atoms with E-state index in [2.05, 4.69) is 15.7 Å². The van der Waals surface area contributed by atoms with Crippen molar-refractivity contribution in [2.75, 3.05) is 5.32 Å². The first-order valence-corrected chi connectivity index (χ1v) is 7.98. The molecule has 2 aromatic rings. The van der Waals surface area contributed by atoms with Crippen LogP contribution in [0.4, 0.5) is 5.69 Å². The molecule has 0 fully saturated rings. The Labute approximate surface area is 142 Å². The summed E-state index contributed by atoms with van der Waals surface area (Å²) in [5.74, 6) is -0.322. The van der Waals surface area contributed by atoms with Crippen LogP contribution in [0.3, 0.4) is 0 Å². The standard InChI is InChI=1S/C18H24N4O2/c1-11(2)19-18(24)16-9-15(7-6-12(16)3)20-17(23)10-22-14(5)8-13(4)21-22/h6-9,11H,10H2,1-5H3,(H,19,24)(H,20,23). The van der Waals surface area contributed by atoms with Gasteiger partial charge in [0.1, 0.15) is 6.54 Å². The number of nitrogens with one attached hydrogen (secondary N) is 2. The summed E-state index contributed by atoms with van der Waals surface area (Å²) in [5, 5.41) is 9.96. The van der Waals surface area contributed by atoms with Crippen LogP contribution in [-0.4, -0.2) is 27.6 Å². The fourth-order valence-corrected chi connectivity index (χ4v) is 2.46. The third-order valence-electron chi connectivity index (χ3n) is 3.58. The lowest BCUT2D eigenvalue weighted by molar-refractivity contribution is -0.116. The smallest absolute Gasteiger partial charge is 0.251 e. The summed E-state index contributed by atoms with van der Waals surface area (Å²) in [5.41, 5.74) is 3.84. The summed E-state index contributed by atoms with van der Waals surface area (Å²) in [6.45, 7) is 9.63. The predicted octanol–water partition coefficient (Wildman–Crippen LogP) is 2.59. The second-order valence-electron chi connectivity index (χ2n) is 6.29. The average Bonchev–Trinajstić information content (AvgIpc) is 2.78. The molecule has 0 atom stereocenters. The Kier molecular flexibility index (Phi) is 5.39. The Morgan fingerprint density at radius 3 is 2.46 bits per heavy atom. The minimum Gasteiger partial charge on any atom is -0.350 e. The second kappa shape index (κ2) is 7.29. The van der Waals surface area contributed by atoms with Gasteiger partial charge in [-0.15, -0.1) is 0 Å². The molecule has 2 N–H and O–H groups in total. The number of aromatic nitrogens is 2. The predicted molar refractivity (Wildman–Crippen MR) is 94.1 cm³/mol. The number of carbonyl (C=O) groups excluding carboxylic acids is 2. The molecule has 0 aliphatic carbocycles. The third kappa shape index (κ3) is 4.44. The second-order valence-corrected chi connectivity index (χ2v) is 6.29. The van der Waals surface area contributed by atoms with Crippen LogP contribution in [0.2, 0.25) is 0 Å². The van der Waals surface area contributed by atoms with E-state index in [1.54, 1.807) is 16.8 Å². The summed E-state index contributed by atoms with van der Waals surface area (Å²) in [4.78, 5) is 24.4. The molecule has 0 unspecified atom stereocenters. The first kappa shape index (κ1) is 17.7. The normalized spacial score (nSPS) is 10.8. The van der Waals surface area contributed by atoms with Crippen molar-refractivity contribution in [3.05, 3.63) is 46.8 Å². The van der Waals surface area contributed by atoms with Crippen molar-refractivity contribution in [1.29, 1.82) is 0 Å². The van der Waals surface area contributed by atoms with E-state index in [1.165, 1.54) is 0 Å². The van der Waals surface area contributed by atoms with Gasteiger partial charge in [0, 0.05) is 23.0 Å². The Bertz CT molecular complexity index is 762. The van der Waals surface area contributed by atoms with E-state index in [0.717, 1.165) is 17.0 Å². The van der Waals surface area contributed by atoms with E-state index >= 15 is 0 Å². The van der Waals surface area contributed by atoms with Gasteiger partial charge in [-0.25, -0.2) is 0 Å².